The zero-order valence-electron chi connectivity index (χ0n) is 12.0. The summed E-state index contributed by atoms with van der Waals surface area (Å²) in [5.41, 5.74) is 0. The number of rotatable bonds is 4. The Labute approximate surface area is 114 Å². The van der Waals surface area contributed by atoms with E-state index in [1.165, 1.54) is 0 Å². The minimum atomic E-state index is -0.122. The normalized spacial score (nSPS) is 23.4. The summed E-state index contributed by atoms with van der Waals surface area (Å²) in [5, 5.41) is 16.3. The van der Waals surface area contributed by atoms with Crippen LogP contribution < -0.4 is 10.6 Å². The lowest BCUT2D eigenvalue weighted by Gasteiger charge is -2.26. The second-order valence-corrected chi connectivity index (χ2v) is 5.63. The summed E-state index contributed by atoms with van der Waals surface area (Å²) in [7, 11) is 0. The van der Waals surface area contributed by atoms with Gasteiger partial charge in [0.25, 0.3) is 0 Å². The molecule has 1 heterocycles. The van der Waals surface area contributed by atoms with Crippen molar-refractivity contribution in [3.63, 3.8) is 0 Å². The maximum absolute atomic E-state index is 9.52. The molecule has 1 fully saturated rings. The van der Waals surface area contributed by atoms with Gasteiger partial charge in [0.1, 0.15) is 17.5 Å². The number of aryl methyl sites for hydroxylation is 1. The minimum Gasteiger partial charge on any atom is -0.393 e. The van der Waals surface area contributed by atoms with Crippen molar-refractivity contribution in [3.05, 3.63) is 11.9 Å². The van der Waals surface area contributed by atoms with Gasteiger partial charge in [-0.05, 0) is 46.5 Å². The average molecular weight is 264 g/mol. The molecule has 106 valence electrons. The number of nitrogens with zero attached hydrogens (tertiary/aromatic N) is 2. The molecule has 19 heavy (non-hydrogen) atoms. The van der Waals surface area contributed by atoms with Crippen molar-refractivity contribution in [2.45, 2.75) is 64.6 Å². The third-order valence-corrected chi connectivity index (χ3v) is 3.32. The monoisotopic (exact) mass is 264 g/mol. The molecule has 5 nitrogen and oxygen atoms in total. The lowest BCUT2D eigenvalue weighted by Crippen LogP contribution is -2.28. The predicted molar refractivity (Wildman–Crippen MR) is 77.4 cm³/mol. The topological polar surface area (TPSA) is 70.1 Å². The van der Waals surface area contributed by atoms with Crippen LogP contribution in [0.25, 0.3) is 0 Å². The Bertz CT molecular complexity index is 414. The molecular formula is C14H24N4O. The lowest BCUT2D eigenvalue weighted by molar-refractivity contribution is 0.126. The van der Waals surface area contributed by atoms with Gasteiger partial charge in [-0.2, -0.15) is 0 Å². The Morgan fingerprint density at radius 1 is 1.16 bits per heavy atom. The summed E-state index contributed by atoms with van der Waals surface area (Å²) in [6, 6.07) is 2.72. The van der Waals surface area contributed by atoms with Crippen LogP contribution in [0.15, 0.2) is 6.07 Å². The molecule has 0 unspecified atom stereocenters. The molecule has 1 aliphatic carbocycles. The number of nitrogens with one attached hydrogen (secondary N) is 2. The first-order chi connectivity index (χ1) is 9.02. The molecule has 2 rings (SSSR count). The Hall–Kier alpha value is -1.36. The minimum absolute atomic E-state index is 0.122. The van der Waals surface area contributed by atoms with E-state index in [-0.39, 0.29) is 6.10 Å². The zero-order chi connectivity index (χ0) is 13.8. The molecule has 0 atom stereocenters. The highest BCUT2D eigenvalue weighted by Gasteiger charge is 2.19. The molecule has 0 aliphatic heterocycles. The Morgan fingerprint density at radius 3 is 2.42 bits per heavy atom. The second-order valence-electron chi connectivity index (χ2n) is 5.63. The Kier molecular flexibility index (Phi) is 4.58. The highest BCUT2D eigenvalue weighted by atomic mass is 16.3. The van der Waals surface area contributed by atoms with Gasteiger partial charge in [0.05, 0.1) is 6.10 Å². The molecule has 1 aromatic heterocycles. The van der Waals surface area contributed by atoms with Crippen molar-refractivity contribution in [2.24, 2.45) is 0 Å². The summed E-state index contributed by atoms with van der Waals surface area (Å²) >= 11 is 0. The molecule has 0 bridgehead atoms. The highest BCUT2D eigenvalue weighted by molar-refractivity contribution is 5.48. The molecule has 1 aliphatic rings. The molecule has 1 saturated carbocycles. The molecule has 0 aromatic carbocycles. The summed E-state index contributed by atoms with van der Waals surface area (Å²) in [4.78, 5) is 8.81. The van der Waals surface area contributed by atoms with Crippen LogP contribution in [0.2, 0.25) is 0 Å². The molecule has 0 spiro atoms. The smallest absolute Gasteiger partial charge is 0.132 e. The predicted octanol–water partition coefficient (Wildman–Crippen LogP) is 2.32. The van der Waals surface area contributed by atoms with Crippen LogP contribution in [0, 0.1) is 6.92 Å². The molecule has 0 amide bonds. The van der Waals surface area contributed by atoms with Crippen molar-refractivity contribution >= 4 is 11.6 Å². The van der Waals surface area contributed by atoms with Gasteiger partial charge in [-0.1, -0.05) is 0 Å². The van der Waals surface area contributed by atoms with Gasteiger partial charge < -0.3 is 15.7 Å². The van der Waals surface area contributed by atoms with E-state index < -0.39 is 0 Å². The molecule has 5 heteroatoms. The third-order valence-electron chi connectivity index (χ3n) is 3.32. The maximum atomic E-state index is 9.52. The Morgan fingerprint density at radius 2 is 1.79 bits per heavy atom. The van der Waals surface area contributed by atoms with Crippen molar-refractivity contribution in [3.8, 4) is 0 Å². The van der Waals surface area contributed by atoms with Gasteiger partial charge in [0.2, 0.25) is 0 Å². The van der Waals surface area contributed by atoms with Crippen molar-refractivity contribution in [1.82, 2.24) is 9.97 Å². The van der Waals surface area contributed by atoms with E-state index >= 15 is 0 Å². The third kappa shape index (κ3) is 4.35. The van der Waals surface area contributed by atoms with Gasteiger partial charge in [-0.25, -0.2) is 9.97 Å². The van der Waals surface area contributed by atoms with E-state index in [0.29, 0.717) is 12.1 Å². The van der Waals surface area contributed by atoms with Crippen molar-refractivity contribution in [1.29, 1.82) is 0 Å². The van der Waals surface area contributed by atoms with Crippen LogP contribution in [0.3, 0.4) is 0 Å². The molecule has 1 aromatic rings. The van der Waals surface area contributed by atoms with Crippen LogP contribution in [0.4, 0.5) is 11.6 Å². The van der Waals surface area contributed by atoms with Gasteiger partial charge in [-0.3, -0.25) is 0 Å². The summed E-state index contributed by atoms with van der Waals surface area (Å²) in [6.45, 7) is 6.08. The Balaban J connectivity index is 2.01. The number of aliphatic hydroxyl groups is 1. The number of aromatic nitrogens is 2. The zero-order valence-corrected chi connectivity index (χ0v) is 12.0. The van der Waals surface area contributed by atoms with Gasteiger partial charge in [0, 0.05) is 18.2 Å². The number of hydrogen-bond acceptors (Lipinski definition) is 5. The molecule has 0 radical (unpaired) electrons. The molecule has 3 N–H and O–H groups in total. The van der Waals surface area contributed by atoms with Gasteiger partial charge in [0.15, 0.2) is 0 Å². The van der Waals surface area contributed by atoms with E-state index in [0.717, 1.165) is 43.1 Å². The van der Waals surface area contributed by atoms with Crippen molar-refractivity contribution in [2.75, 3.05) is 10.6 Å². The van der Waals surface area contributed by atoms with Crippen LogP contribution >= 0.6 is 0 Å². The first kappa shape index (κ1) is 14.1. The van der Waals surface area contributed by atoms with E-state index in [1.807, 2.05) is 13.0 Å². The fraction of sp³-hybridized carbons (Fsp3) is 0.714. The van der Waals surface area contributed by atoms with Gasteiger partial charge >= 0.3 is 0 Å². The summed E-state index contributed by atoms with van der Waals surface area (Å²) < 4.78 is 0. The van der Waals surface area contributed by atoms with E-state index in [2.05, 4.69) is 34.4 Å². The lowest BCUT2D eigenvalue weighted by atomic mass is 9.93. The number of anilines is 2. The second kappa shape index (κ2) is 6.19. The van der Waals surface area contributed by atoms with Crippen LogP contribution in [-0.4, -0.2) is 33.3 Å². The fourth-order valence-corrected chi connectivity index (χ4v) is 2.44. The standard InChI is InChI=1S/C14H24N4O/c1-9(2)15-13-8-14(17-10(3)16-13)18-11-4-6-12(19)7-5-11/h8-9,11-12,19H,4-7H2,1-3H3,(H2,15,16,17,18). The van der Waals surface area contributed by atoms with E-state index in [9.17, 15) is 5.11 Å². The summed E-state index contributed by atoms with van der Waals surface area (Å²) in [5.74, 6) is 2.50. The maximum Gasteiger partial charge on any atom is 0.132 e. The van der Waals surface area contributed by atoms with Crippen LogP contribution in [0.5, 0.6) is 0 Å². The quantitative estimate of drug-likeness (QED) is 0.778. The number of aliphatic hydroxyl groups excluding tert-OH is 1. The van der Waals surface area contributed by atoms with Crippen LogP contribution in [0.1, 0.15) is 45.4 Å². The molecular weight excluding hydrogens is 240 g/mol. The fourth-order valence-electron chi connectivity index (χ4n) is 2.44. The first-order valence-electron chi connectivity index (χ1n) is 7.10. The SMILES string of the molecule is Cc1nc(NC(C)C)cc(NC2CCC(O)CC2)n1. The van der Waals surface area contributed by atoms with E-state index in [4.69, 9.17) is 0 Å². The average Bonchev–Trinajstić information content (AvgIpc) is 2.30. The first-order valence-corrected chi connectivity index (χ1v) is 7.10. The van der Waals surface area contributed by atoms with Crippen molar-refractivity contribution < 1.29 is 5.11 Å². The van der Waals surface area contributed by atoms with Crippen LogP contribution in [-0.2, 0) is 0 Å². The molecule has 0 saturated heterocycles. The summed E-state index contributed by atoms with van der Waals surface area (Å²) in [6.07, 6.45) is 3.62. The van der Waals surface area contributed by atoms with Gasteiger partial charge in [-0.15, -0.1) is 0 Å². The number of hydrogen-bond donors (Lipinski definition) is 3. The van der Waals surface area contributed by atoms with E-state index in [1.54, 1.807) is 0 Å². The highest BCUT2D eigenvalue weighted by Crippen LogP contribution is 2.22. The largest absolute Gasteiger partial charge is 0.393 e.